The van der Waals surface area contributed by atoms with Crippen LogP contribution in [0.5, 0.6) is 0 Å². The quantitative estimate of drug-likeness (QED) is 0.389. The highest BCUT2D eigenvalue weighted by Gasteiger charge is 2.21. The van der Waals surface area contributed by atoms with Gasteiger partial charge in [-0.25, -0.2) is 4.79 Å². The summed E-state index contributed by atoms with van der Waals surface area (Å²) in [5, 5.41) is 24.9. The number of aliphatic hydroxyl groups is 1. The van der Waals surface area contributed by atoms with Crippen molar-refractivity contribution >= 4 is 11.9 Å². The maximum Gasteiger partial charge on any atom is 0.332 e. The average Bonchev–Trinajstić information content (AvgIpc) is 1.87. The van der Waals surface area contributed by atoms with Crippen LogP contribution in [0.2, 0.25) is 0 Å². The summed E-state index contributed by atoms with van der Waals surface area (Å²) < 4.78 is 0. The molecule has 6 heteroatoms. The number of carbonyl (C=O) groups is 2. The summed E-state index contributed by atoms with van der Waals surface area (Å²) in [5.41, 5.74) is 4.93. The molecule has 5 N–H and O–H groups in total. The van der Waals surface area contributed by atoms with Crippen LogP contribution in [0.3, 0.4) is 0 Å². The van der Waals surface area contributed by atoms with Gasteiger partial charge in [0.15, 0.2) is 6.10 Å². The van der Waals surface area contributed by atoms with Crippen LogP contribution in [0.15, 0.2) is 0 Å². The van der Waals surface area contributed by atoms with Crippen molar-refractivity contribution in [1.29, 1.82) is 0 Å². The molecule has 64 valence electrons. The lowest BCUT2D eigenvalue weighted by atomic mass is 10.1. The third kappa shape index (κ3) is 3.54. The van der Waals surface area contributed by atoms with Crippen molar-refractivity contribution in [2.75, 3.05) is 0 Å². The van der Waals surface area contributed by atoms with Crippen LogP contribution in [0.4, 0.5) is 0 Å². The first kappa shape index (κ1) is 9.86. The zero-order valence-corrected chi connectivity index (χ0v) is 5.60. The lowest BCUT2D eigenvalue weighted by molar-refractivity contribution is -0.148. The standard InChI is InChI=1S/C5H9NO5/c6-2(4(8)9)1-3(7)5(10)11/h2-3,7H,1,6H2,(H,8,9)(H,10,11)/t2-,3?/m0/s1. The Kier molecular flexibility index (Phi) is 3.49. The highest BCUT2D eigenvalue weighted by Crippen LogP contribution is 1.95. The monoisotopic (exact) mass is 163 g/mol. The molecule has 0 amide bonds. The Bertz CT molecular complexity index is 150. The van der Waals surface area contributed by atoms with Crippen LogP contribution in [0.1, 0.15) is 6.42 Å². The van der Waals surface area contributed by atoms with Gasteiger partial charge in [-0.05, 0) is 0 Å². The number of carboxylic acid groups (broad SMARTS) is 2. The molecule has 0 aliphatic heterocycles. The van der Waals surface area contributed by atoms with Gasteiger partial charge in [0.1, 0.15) is 6.04 Å². The lowest BCUT2D eigenvalue weighted by Crippen LogP contribution is -2.36. The van der Waals surface area contributed by atoms with E-state index in [4.69, 9.17) is 21.1 Å². The van der Waals surface area contributed by atoms with E-state index in [1.165, 1.54) is 0 Å². The van der Waals surface area contributed by atoms with E-state index in [1.54, 1.807) is 0 Å². The fraction of sp³-hybridized carbons (Fsp3) is 0.600. The van der Waals surface area contributed by atoms with Crippen LogP contribution < -0.4 is 5.73 Å². The smallest absolute Gasteiger partial charge is 0.332 e. The number of hydrogen-bond acceptors (Lipinski definition) is 4. The molecular weight excluding hydrogens is 154 g/mol. The van der Waals surface area contributed by atoms with Crippen LogP contribution in [0.25, 0.3) is 0 Å². The van der Waals surface area contributed by atoms with Crippen LogP contribution in [-0.4, -0.2) is 39.4 Å². The number of carboxylic acids is 2. The fourth-order valence-corrected chi connectivity index (χ4v) is 0.442. The van der Waals surface area contributed by atoms with Crippen molar-refractivity contribution in [3.63, 3.8) is 0 Å². The largest absolute Gasteiger partial charge is 0.480 e. The Morgan fingerprint density at radius 3 is 2.00 bits per heavy atom. The Balaban J connectivity index is 3.84. The number of aliphatic hydroxyl groups excluding tert-OH is 1. The normalized spacial score (nSPS) is 15.5. The van der Waals surface area contributed by atoms with Crippen molar-refractivity contribution in [2.24, 2.45) is 5.73 Å². The maximum absolute atomic E-state index is 10.0. The molecule has 0 aromatic carbocycles. The number of hydrogen-bond donors (Lipinski definition) is 4. The molecule has 0 radical (unpaired) electrons. The predicted molar refractivity (Wildman–Crippen MR) is 33.9 cm³/mol. The third-order valence-electron chi connectivity index (χ3n) is 1.08. The van der Waals surface area contributed by atoms with Crippen molar-refractivity contribution in [1.82, 2.24) is 0 Å². The zero-order chi connectivity index (χ0) is 9.02. The van der Waals surface area contributed by atoms with E-state index in [1.807, 2.05) is 0 Å². The third-order valence-corrected chi connectivity index (χ3v) is 1.08. The predicted octanol–water partition coefficient (Wildman–Crippen LogP) is -1.77. The van der Waals surface area contributed by atoms with E-state index in [2.05, 4.69) is 0 Å². The van der Waals surface area contributed by atoms with E-state index >= 15 is 0 Å². The van der Waals surface area contributed by atoms with Crippen molar-refractivity contribution in [2.45, 2.75) is 18.6 Å². The molecule has 0 aliphatic rings. The van der Waals surface area contributed by atoms with Crippen LogP contribution >= 0.6 is 0 Å². The molecule has 0 aromatic rings. The SMILES string of the molecule is N[C@@H](CC(O)C(=O)O)C(=O)O. The fourth-order valence-electron chi connectivity index (χ4n) is 0.442. The van der Waals surface area contributed by atoms with Crippen LogP contribution in [-0.2, 0) is 9.59 Å². The second kappa shape index (κ2) is 3.89. The molecule has 0 aliphatic carbocycles. The van der Waals surface area contributed by atoms with Crippen molar-refractivity contribution in [3.05, 3.63) is 0 Å². The van der Waals surface area contributed by atoms with Gasteiger partial charge in [0.25, 0.3) is 0 Å². The molecule has 0 bridgehead atoms. The zero-order valence-electron chi connectivity index (χ0n) is 5.60. The highest BCUT2D eigenvalue weighted by molar-refractivity contribution is 5.76. The van der Waals surface area contributed by atoms with Crippen molar-refractivity contribution < 1.29 is 24.9 Å². The maximum atomic E-state index is 10.0. The minimum atomic E-state index is -1.71. The number of nitrogens with two attached hydrogens (primary N) is 1. The molecular formula is C5H9NO5. The molecule has 0 rings (SSSR count). The first-order valence-corrected chi connectivity index (χ1v) is 2.84. The Morgan fingerprint density at radius 1 is 1.27 bits per heavy atom. The van der Waals surface area contributed by atoms with Gasteiger partial charge in [0, 0.05) is 6.42 Å². The summed E-state index contributed by atoms with van der Waals surface area (Å²) in [6, 6.07) is -1.33. The lowest BCUT2D eigenvalue weighted by Gasteiger charge is -2.07. The minimum Gasteiger partial charge on any atom is -0.480 e. The Hall–Kier alpha value is -1.14. The molecule has 0 fully saturated rings. The summed E-state index contributed by atoms with van der Waals surface area (Å²) in [6.07, 6.45) is -2.19. The first-order valence-electron chi connectivity index (χ1n) is 2.84. The van der Waals surface area contributed by atoms with Gasteiger partial charge in [0.2, 0.25) is 0 Å². The molecule has 11 heavy (non-hydrogen) atoms. The highest BCUT2D eigenvalue weighted by atomic mass is 16.4. The molecule has 0 heterocycles. The Labute approximate surface area is 62.2 Å². The van der Waals surface area contributed by atoms with Gasteiger partial charge in [-0.15, -0.1) is 0 Å². The van der Waals surface area contributed by atoms with Gasteiger partial charge >= 0.3 is 11.9 Å². The van der Waals surface area contributed by atoms with Gasteiger partial charge in [-0.1, -0.05) is 0 Å². The van der Waals surface area contributed by atoms with E-state index in [0.717, 1.165) is 0 Å². The number of rotatable bonds is 4. The van der Waals surface area contributed by atoms with E-state index < -0.39 is 30.5 Å². The minimum absolute atomic E-state index is 0.481. The van der Waals surface area contributed by atoms with Gasteiger partial charge in [-0.3, -0.25) is 4.79 Å². The second-order valence-electron chi connectivity index (χ2n) is 2.03. The van der Waals surface area contributed by atoms with Gasteiger partial charge in [-0.2, -0.15) is 0 Å². The average molecular weight is 163 g/mol. The van der Waals surface area contributed by atoms with E-state index in [9.17, 15) is 9.59 Å². The first-order chi connectivity index (χ1) is 4.95. The number of aliphatic carboxylic acids is 2. The molecule has 0 saturated heterocycles. The molecule has 6 nitrogen and oxygen atoms in total. The molecule has 0 saturated carbocycles. The topological polar surface area (TPSA) is 121 Å². The van der Waals surface area contributed by atoms with Gasteiger partial charge < -0.3 is 21.1 Å². The summed E-state index contributed by atoms with van der Waals surface area (Å²) >= 11 is 0. The van der Waals surface area contributed by atoms with E-state index in [-0.39, 0.29) is 0 Å². The van der Waals surface area contributed by atoms with E-state index in [0.29, 0.717) is 0 Å². The molecule has 1 unspecified atom stereocenters. The summed E-state index contributed by atoms with van der Waals surface area (Å²) in [4.78, 5) is 20.0. The molecule has 0 spiro atoms. The summed E-state index contributed by atoms with van der Waals surface area (Å²) in [5.74, 6) is -2.80. The van der Waals surface area contributed by atoms with Gasteiger partial charge in [0.05, 0.1) is 0 Å². The van der Waals surface area contributed by atoms with Crippen LogP contribution in [0, 0.1) is 0 Å². The second-order valence-corrected chi connectivity index (χ2v) is 2.03. The molecule has 0 aromatic heterocycles. The Morgan fingerprint density at radius 2 is 1.73 bits per heavy atom. The van der Waals surface area contributed by atoms with Crippen molar-refractivity contribution in [3.8, 4) is 0 Å². The summed E-state index contributed by atoms with van der Waals surface area (Å²) in [7, 11) is 0. The molecule has 2 atom stereocenters. The summed E-state index contributed by atoms with van der Waals surface area (Å²) in [6.45, 7) is 0.